The molecule has 5 aromatic rings. The highest BCUT2D eigenvalue weighted by molar-refractivity contribution is 7.20. The number of phenols is 1. The molecule has 2 amide bonds. The first-order chi connectivity index (χ1) is 19.5. The third-order valence-electron chi connectivity index (χ3n) is 7.24. The lowest BCUT2D eigenvalue weighted by Gasteiger charge is -2.25. The number of aromatic hydroxyl groups is 1. The lowest BCUT2D eigenvalue weighted by Crippen LogP contribution is -2.31. The number of hydrogen-bond acceptors (Lipinski definition) is 6. The van der Waals surface area contributed by atoms with Crippen molar-refractivity contribution in [2.75, 3.05) is 12.4 Å². The number of carbonyl (C=O) groups is 2. The quantitative estimate of drug-likeness (QED) is 0.194. The maximum Gasteiger partial charge on any atom is 0.342 e. The molecule has 0 spiro atoms. The molecule has 0 atom stereocenters. The van der Waals surface area contributed by atoms with Crippen LogP contribution in [0.2, 0.25) is 0 Å². The van der Waals surface area contributed by atoms with Crippen LogP contribution in [0, 0.1) is 0 Å². The van der Waals surface area contributed by atoms with Crippen LogP contribution in [0.3, 0.4) is 0 Å². The van der Waals surface area contributed by atoms with E-state index >= 15 is 0 Å². The monoisotopic (exact) mass is 552 g/mol. The molecule has 2 heterocycles. The molecule has 0 bridgehead atoms. The number of nitrogens with one attached hydrogen (secondary N) is 2. The number of nitrogens with zero attached hydrogens (tertiary/aromatic N) is 2. The van der Waals surface area contributed by atoms with Crippen LogP contribution in [-0.4, -0.2) is 33.9 Å². The molecule has 0 saturated heterocycles. The topological polar surface area (TPSA) is 105 Å². The zero-order valence-corrected chi connectivity index (χ0v) is 22.7. The lowest BCUT2D eigenvalue weighted by atomic mass is 9.82. The molecule has 202 valence electrons. The van der Waals surface area contributed by atoms with Crippen molar-refractivity contribution in [3.8, 4) is 22.8 Å². The Kier molecular flexibility index (Phi) is 6.96. The van der Waals surface area contributed by atoms with E-state index in [0.717, 1.165) is 46.4 Å². The molecule has 0 aliphatic heterocycles. The van der Waals surface area contributed by atoms with E-state index in [1.165, 1.54) is 22.1 Å². The summed E-state index contributed by atoms with van der Waals surface area (Å²) in [6, 6.07) is 23.6. The standard InChI is InChI=1S/C31H28N4O4S/c1-39-23-12-9-19(10-13-23)18-32-31(38)35-26(20-6-4-7-20)17-25(34-35)24-16-22(11-14-27(24)36)33-30(37)29-15-21-5-2-3-8-28(21)40-29/h2-3,5,8-17,20,36H,4,6-7,18H2,1H3,(H,32,38)(H,33,37). The zero-order chi connectivity index (χ0) is 27.6. The van der Waals surface area contributed by atoms with Gasteiger partial charge in [-0.05, 0) is 72.3 Å². The van der Waals surface area contributed by atoms with Crippen LogP contribution in [0.5, 0.6) is 11.5 Å². The lowest BCUT2D eigenvalue weighted by molar-refractivity contribution is 0.103. The van der Waals surface area contributed by atoms with Crippen LogP contribution < -0.4 is 15.4 Å². The summed E-state index contributed by atoms with van der Waals surface area (Å²) in [4.78, 5) is 26.8. The highest BCUT2D eigenvalue weighted by atomic mass is 32.1. The number of thiophene rings is 1. The average Bonchev–Trinajstić information content (AvgIpc) is 3.57. The van der Waals surface area contributed by atoms with Gasteiger partial charge in [0, 0.05) is 28.4 Å². The molecule has 1 aliphatic rings. The molecule has 3 N–H and O–H groups in total. The van der Waals surface area contributed by atoms with Gasteiger partial charge in [0.1, 0.15) is 11.5 Å². The number of benzene rings is 3. The Morgan fingerprint density at radius 2 is 1.85 bits per heavy atom. The second-order valence-electron chi connectivity index (χ2n) is 9.84. The number of amides is 2. The summed E-state index contributed by atoms with van der Waals surface area (Å²) in [5, 5.41) is 22.2. The van der Waals surface area contributed by atoms with Gasteiger partial charge in [-0.15, -0.1) is 11.3 Å². The Morgan fingerprint density at radius 1 is 1.05 bits per heavy atom. The Labute approximate surface area is 235 Å². The largest absolute Gasteiger partial charge is 0.507 e. The van der Waals surface area contributed by atoms with Crippen molar-refractivity contribution >= 4 is 39.0 Å². The summed E-state index contributed by atoms with van der Waals surface area (Å²) < 4.78 is 7.65. The number of carbonyl (C=O) groups excluding carboxylic acids is 2. The maximum atomic E-state index is 13.2. The van der Waals surface area contributed by atoms with Gasteiger partial charge in [0.25, 0.3) is 5.91 Å². The van der Waals surface area contributed by atoms with Crippen molar-refractivity contribution in [1.82, 2.24) is 15.1 Å². The zero-order valence-electron chi connectivity index (χ0n) is 21.9. The second-order valence-corrected chi connectivity index (χ2v) is 10.9. The predicted molar refractivity (Wildman–Crippen MR) is 156 cm³/mol. The van der Waals surface area contributed by atoms with E-state index in [9.17, 15) is 14.7 Å². The van der Waals surface area contributed by atoms with E-state index in [1.54, 1.807) is 19.2 Å². The van der Waals surface area contributed by atoms with Gasteiger partial charge in [0.15, 0.2) is 0 Å². The van der Waals surface area contributed by atoms with Crippen LogP contribution in [-0.2, 0) is 6.54 Å². The number of methoxy groups -OCH3 is 1. The van der Waals surface area contributed by atoms with E-state index in [-0.39, 0.29) is 23.6 Å². The van der Waals surface area contributed by atoms with Gasteiger partial charge in [-0.1, -0.05) is 36.8 Å². The van der Waals surface area contributed by atoms with E-state index < -0.39 is 0 Å². The molecular weight excluding hydrogens is 524 g/mol. The summed E-state index contributed by atoms with van der Waals surface area (Å²) in [5.41, 5.74) is 3.19. The minimum absolute atomic E-state index is 0.0170. The van der Waals surface area contributed by atoms with E-state index in [1.807, 2.05) is 60.7 Å². The molecule has 2 aromatic heterocycles. The van der Waals surface area contributed by atoms with Crippen molar-refractivity contribution in [3.05, 3.63) is 95.0 Å². The Balaban J connectivity index is 1.24. The van der Waals surface area contributed by atoms with Crippen LogP contribution in [0.4, 0.5) is 10.5 Å². The van der Waals surface area contributed by atoms with Crippen LogP contribution >= 0.6 is 11.3 Å². The second kappa shape index (κ2) is 10.9. The Morgan fingerprint density at radius 3 is 2.58 bits per heavy atom. The first-order valence-electron chi connectivity index (χ1n) is 13.1. The molecule has 0 radical (unpaired) electrons. The summed E-state index contributed by atoms with van der Waals surface area (Å²) in [7, 11) is 1.61. The Hall–Kier alpha value is -4.63. The Bertz CT molecular complexity index is 1670. The molecule has 1 fully saturated rings. The van der Waals surface area contributed by atoms with Gasteiger partial charge < -0.3 is 20.5 Å². The molecule has 1 aliphatic carbocycles. The summed E-state index contributed by atoms with van der Waals surface area (Å²) in [6.07, 6.45) is 3.06. The van der Waals surface area contributed by atoms with Crippen LogP contribution in [0.1, 0.15) is 46.1 Å². The average molecular weight is 553 g/mol. The number of hydrogen-bond donors (Lipinski definition) is 3. The first-order valence-corrected chi connectivity index (χ1v) is 13.9. The molecule has 8 nitrogen and oxygen atoms in total. The van der Waals surface area contributed by atoms with E-state index in [2.05, 4.69) is 15.7 Å². The summed E-state index contributed by atoms with van der Waals surface area (Å²) in [5.74, 6) is 0.770. The SMILES string of the molecule is COc1ccc(CNC(=O)n2nc(-c3cc(NC(=O)c4cc5ccccc5s4)ccc3O)cc2C2CCC2)cc1. The fourth-order valence-electron chi connectivity index (χ4n) is 4.79. The third-order valence-corrected chi connectivity index (χ3v) is 8.35. The minimum Gasteiger partial charge on any atom is -0.507 e. The summed E-state index contributed by atoms with van der Waals surface area (Å²) >= 11 is 1.43. The third kappa shape index (κ3) is 5.15. The highest BCUT2D eigenvalue weighted by Gasteiger charge is 2.27. The number of ether oxygens (including phenoxy) is 1. The van der Waals surface area contributed by atoms with Crippen molar-refractivity contribution < 1.29 is 19.4 Å². The molecule has 9 heteroatoms. The normalized spacial score (nSPS) is 13.1. The van der Waals surface area contributed by atoms with E-state index in [0.29, 0.717) is 28.4 Å². The minimum atomic E-state index is -0.335. The smallest absolute Gasteiger partial charge is 0.342 e. The summed E-state index contributed by atoms with van der Waals surface area (Å²) in [6.45, 7) is 0.340. The number of aromatic nitrogens is 2. The highest BCUT2D eigenvalue weighted by Crippen LogP contribution is 2.39. The number of phenolic OH excluding ortho intramolecular Hbond substituents is 1. The van der Waals surface area contributed by atoms with Gasteiger partial charge in [0.2, 0.25) is 0 Å². The van der Waals surface area contributed by atoms with Gasteiger partial charge >= 0.3 is 6.03 Å². The van der Waals surface area contributed by atoms with Crippen molar-refractivity contribution in [3.63, 3.8) is 0 Å². The maximum absolute atomic E-state index is 13.2. The predicted octanol–water partition coefficient (Wildman–Crippen LogP) is 6.76. The fraction of sp³-hybridized carbons (Fsp3) is 0.194. The van der Waals surface area contributed by atoms with Gasteiger partial charge in [-0.25, -0.2) is 4.79 Å². The molecule has 1 saturated carbocycles. The molecule has 3 aromatic carbocycles. The molecule has 6 rings (SSSR count). The van der Waals surface area contributed by atoms with E-state index in [4.69, 9.17) is 4.74 Å². The molecule has 0 unspecified atom stereocenters. The van der Waals surface area contributed by atoms with Crippen molar-refractivity contribution in [2.24, 2.45) is 0 Å². The fourth-order valence-corrected chi connectivity index (χ4v) is 5.74. The van der Waals surface area contributed by atoms with Crippen molar-refractivity contribution in [1.29, 1.82) is 0 Å². The number of anilines is 1. The van der Waals surface area contributed by atoms with Crippen LogP contribution in [0.25, 0.3) is 21.3 Å². The molecule has 40 heavy (non-hydrogen) atoms. The van der Waals surface area contributed by atoms with Gasteiger partial charge in [-0.3, -0.25) is 4.79 Å². The first kappa shape index (κ1) is 25.6. The van der Waals surface area contributed by atoms with Gasteiger partial charge in [0.05, 0.1) is 23.4 Å². The number of fused-ring (bicyclic) bond motifs is 1. The van der Waals surface area contributed by atoms with Gasteiger partial charge in [-0.2, -0.15) is 9.78 Å². The van der Waals surface area contributed by atoms with Crippen LogP contribution in [0.15, 0.2) is 78.9 Å². The molecular formula is C31H28N4O4S. The van der Waals surface area contributed by atoms with Crippen molar-refractivity contribution in [2.45, 2.75) is 31.7 Å². The number of rotatable bonds is 7.